The van der Waals surface area contributed by atoms with Crippen molar-refractivity contribution in [3.05, 3.63) is 42.0 Å². The highest BCUT2D eigenvalue weighted by Crippen LogP contribution is 2.27. The summed E-state index contributed by atoms with van der Waals surface area (Å²) in [5.41, 5.74) is 1.25. The van der Waals surface area contributed by atoms with Crippen LogP contribution in [0.1, 0.15) is 12.5 Å². The predicted molar refractivity (Wildman–Crippen MR) is 72.3 cm³/mol. The fraction of sp³-hybridized carbons (Fsp3) is 0.286. The molecular weight excluding hydrogens is 216 g/mol. The fourth-order valence-electron chi connectivity index (χ4n) is 1.73. The first kappa shape index (κ1) is 11.3. The Morgan fingerprint density at radius 3 is 2.81 bits per heavy atom. The van der Waals surface area contributed by atoms with Crippen molar-refractivity contribution in [2.24, 2.45) is 0 Å². The van der Waals surface area contributed by atoms with Gasteiger partial charge in [0.05, 0.1) is 0 Å². The van der Waals surface area contributed by atoms with Crippen LogP contribution < -0.4 is 4.74 Å². The van der Waals surface area contributed by atoms with Gasteiger partial charge in [-0.05, 0) is 29.7 Å². The third kappa shape index (κ3) is 2.50. The molecule has 0 radical (unpaired) electrons. The quantitative estimate of drug-likeness (QED) is 0.576. The van der Waals surface area contributed by atoms with Crippen molar-refractivity contribution in [1.82, 2.24) is 0 Å². The molecule has 0 aliphatic heterocycles. The van der Waals surface area contributed by atoms with E-state index in [4.69, 9.17) is 4.74 Å². The zero-order chi connectivity index (χ0) is 11.4. The number of hydrogen-bond acceptors (Lipinski definition) is 2. The van der Waals surface area contributed by atoms with E-state index in [9.17, 15) is 0 Å². The second-order valence-electron chi connectivity index (χ2n) is 3.74. The first-order chi connectivity index (χ1) is 7.81. The minimum Gasteiger partial charge on any atom is -0.482 e. The summed E-state index contributed by atoms with van der Waals surface area (Å²) in [4.78, 5) is 0. The lowest BCUT2D eigenvalue weighted by Crippen LogP contribution is -1.94. The van der Waals surface area contributed by atoms with Crippen molar-refractivity contribution in [2.75, 3.05) is 11.7 Å². The highest BCUT2D eigenvalue weighted by Gasteiger charge is 2.02. The summed E-state index contributed by atoms with van der Waals surface area (Å²) in [6.07, 6.45) is 0. The van der Waals surface area contributed by atoms with Gasteiger partial charge in [-0.2, -0.15) is 0 Å². The normalized spacial score (nSPS) is 10.6. The molecule has 0 saturated heterocycles. The molecule has 0 N–H and O–H groups in total. The van der Waals surface area contributed by atoms with E-state index < -0.39 is 0 Å². The molecule has 0 aliphatic carbocycles. The van der Waals surface area contributed by atoms with E-state index in [-0.39, 0.29) is 0 Å². The summed E-state index contributed by atoms with van der Waals surface area (Å²) in [7, 11) is 0. The van der Waals surface area contributed by atoms with E-state index in [0.717, 1.165) is 17.4 Å². The summed E-state index contributed by atoms with van der Waals surface area (Å²) >= 11 is 1.80. The first-order valence-corrected chi connectivity index (χ1v) is 6.66. The van der Waals surface area contributed by atoms with Gasteiger partial charge in [0.15, 0.2) is 0 Å². The summed E-state index contributed by atoms with van der Waals surface area (Å²) in [6, 6.07) is 12.7. The molecular formula is C14H16OS. The van der Waals surface area contributed by atoms with Gasteiger partial charge in [0, 0.05) is 5.39 Å². The van der Waals surface area contributed by atoms with Crippen LogP contribution in [-0.4, -0.2) is 11.7 Å². The molecule has 0 atom stereocenters. The van der Waals surface area contributed by atoms with Crippen LogP contribution in [0.4, 0.5) is 0 Å². The Hall–Kier alpha value is -1.15. The highest BCUT2D eigenvalue weighted by atomic mass is 32.2. The molecule has 0 saturated carbocycles. The van der Waals surface area contributed by atoms with Crippen LogP contribution in [0.15, 0.2) is 36.4 Å². The first-order valence-electron chi connectivity index (χ1n) is 5.51. The molecule has 0 heterocycles. The summed E-state index contributed by atoms with van der Waals surface area (Å²) < 4.78 is 5.80. The Kier molecular flexibility index (Phi) is 3.73. The van der Waals surface area contributed by atoms with Crippen LogP contribution in [0.3, 0.4) is 0 Å². The lowest BCUT2D eigenvalue weighted by molar-refractivity contribution is 0.397. The highest BCUT2D eigenvalue weighted by molar-refractivity contribution is 7.99. The summed E-state index contributed by atoms with van der Waals surface area (Å²) in [5.74, 6) is 2.81. The maximum absolute atomic E-state index is 5.80. The molecule has 0 fully saturated rings. The van der Waals surface area contributed by atoms with Gasteiger partial charge in [-0.3, -0.25) is 0 Å². The number of thioether (sulfide) groups is 1. The van der Waals surface area contributed by atoms with Crippen LogP contribution in [-0.2, 0) is 0 Å². The SMILES string of the molecule is CCSCOc1cc(C)cc2ccccc12. The Morgan fingerprint density at radius 2 is 2.00 bits per heavy atom. The van der Waals surface area contributed by atoms with Crippen molar-refractivity contribution in [3.63, 3.8) is 0 Å². The number of ether oxygens (including phenoxy) is 1. The van der Waals surface area contributed by atoms with Crippen molar-refractivity contribution in [3.8, 4) is 5.75 Å². The average Bonchev–Trinajstić information content (AvgIpc) is 2.29. The second kappa shape index (κ2) is 5.26. The molecule has 0 bridgehead atoms. The third-order valence-electron chi connectivity index (χ3n) is 2.47. The molecule has 0 unspecified atom stereocenters. The topological polar surface area (TPSA) is 9.23 Å². The minimum atomic E-state index is 0.726. The van der Waals surface area contributed by atoms with Crippen LogP contribution in [0.2, 0.25) is 0 Å². The van der Waals surface area contributed by atoms with Gasteiger partial charge in [-0.25, -0.2) is 0 Å². The zero-order valence-electron chi connectivity index (χ0n) is 9.69. The minimum absolute atomic E-state index is 0.726. The summed E-state index contributed by atoms with van der Waals surface area (Å²) in [5, 5.41) is 2.45. The molecule has 16 heavy (non-hydrogen) atoms. The van der Waals surface area contributed by atoms with Gasteiger partial charge in [0.25, 0.3) is 0 Å². The molecule has 0 spiro atoms. The van der Waals surface area contributed by atoms with E-state index in [1.54, 1.807) is 11.8 Å². The van der Waals surface area contributed by atoms with E-state index >= 15 is 0 Å². The predicted octanol–water partition coefficient (Wildman–Crippen LogP) is 4.24. The molecule has 0 amide bonds. The average molecular weight is 232 g/mol. The van der Waals surface area contributed by atoms with Gasteiger partial charge in [0.1, 0.15) is 11.7 Å². The molecule has 0 aromatic heterocycles. The molecule has 2 aromatic rings. The van der Waals surface area contributed by atoms with Gasteiger partial charge < -0.3 is 4.74 Å². The lowest BCUT2D eigenvalue weighted by Gasteiger charge is -2.09. The fourth-order valence-corrected chi connectivity index (χ4v) is 2.10. The number of fused-ring (bicyclic) bond motifs is 1. The van der Waals surface area contributed by atoms with Crippen molar-refractivity contribution < 1.29 is 4.74 Å². The monoisotopic (exact) mass is 232 g/mol. The number of benzene rings is 2. The molecule has 84 valence electrons. The number of hydrogen-bond donors (Lipinski definition) is 0. The number of aryl methyl sites for hydroxylation is 1. The van der Waals surface area contributed by atoms with Gasteiger partial charge in [-0.15, -0.1) is 11.8 Å². The van der Waals surface area contributed by atoms with Crippen LogP contribution in [0.25, 0.3) is 10.8 Å². The zero-order valence-corrected chi connectivity index (χ0v) is 10.5. The van der Waals surface area contributed by atoms with E-state index in [1.807, 2.05) is 0 Å². The van der Waals surface area contributed by atoms with Gasteiger partial charge >= 0.3 is 0 Å². The van der Waals surface area contributed by atoms with Crippen molar-refractivity contribution in [2.45, 2.75) is 13.8 Å². The van der Waals surface area contributed by atoms with E-state index in [1.165, 1.54) is 16.3 Å². The standard InChI is InChI=1S/C14H16OS/c1-3-16-10-15-14-9-11(2)8-12-6-4-5-7-13(12)14/h4-9H,3,10H2,1-2H3. The largest absolute Gasteiger partial charge is 0.482 e. The Labute approximate surface area is 101 Å². The summed E-state index contributed by atoms with van der Waals surface area (Å²) in [6.45, 7) is 4.24. The molecule has 2 aromatic carbocycles. The Morgan fingerprint density at radius 1 is 1.19 bits per heavy atom. The molecule has 1 nitrogen and oxygen atoms in total. The smallest absolute Gasteiger partial charge is 0.134 e. The van der Waals surface area contributed by atoms with Gasteiger partial charge in [0.2, 0.25) is 0 Å². The van der Waals surface area contributed by atoms with E-state index in [0.29, 0.717) is 0 Å². The van der Waals surface area contributed by atoms with E-state index in [2.05, 4.69) is 50.2 Å². The molecule has 0 aliphatic rings. The molecule has 2 heteroatoms. The second-order valence-corrected chi connectivity index (χ2v) is 4.96. The van der Waals surface area contributed by atoms with Crippen LogP contribution in [0, 0.1) is 6.92 Å². The van der Waals surface area contributed by atoms with Crippen molar-refractivity contribution in [1.29, 1.82) is 0 Å². The lowest BCUT2D eigenvalue weighted by atomic mass is 10.1. The molecule has 2 rings (SSSR count). The Balaban J connectivity index is 2.34. The third-order valence-corrected chi connectivity index (χ3v) is 3.16. The van der Waals surface area contributed by atoms with Crippen LogP contribution >= 0.6 is 11.8 Å². The maximum Gasteiger partial charge on any atom is 0.134 e. The van der Waals surface area contributed by atoms with Crippen molar-refractivity contribution >= 4 is 22.5 Å². The maximum atomic E-state index is 5.80. The number of rotatable bonds is 4. The van der Waals surface area contributed by atoms with Crippen LogP contribution in [0.5, 0.6) is 5.75 Å². The van der Waals surface area contributed by atoms with Gasteiger partial charge in [-0.1, -0.05) is 37.3 Å². The Bertz CT molecular complexity index is 479.